The number of hydrogen-bond donors (Lipinski definition) is 2. The molecular formula is C17H13BrClN3O. The van der Waals surface area contributed by atoms with Gasteiger partial charge in [-0.05, 0) is 42.0 Å². The topological polar surface area (TPSA) is 64.9 Å². The Bertz CT molecular complexity index is 766. The van der Waals surface area contributed by atoms with Crippen molar-refractivity contribution in [3.8, 4) is 6.07 Å². The van der Waals surface area contributed by atoms with Gasteiger partial charge in [-0.2, -0.15) is 5.26 Å². The van der Waals surface area contributed by atoms with E-state index in [2.05, 4.69) is 26.6 Å². The standard InChI is InChI=1S/C17H13BrClN3O/c18-14-4-6-16(7-5-14)22-17(23)13(9-20)11-21-10-12-2-1-3-15(19)8-12/h1-8,11,21H,10H2,(H,22,23)/b13-11-. The SMILES string of the molecule is N#C/C(=C/NCc1cccc(Cl)c1)C(=O)Nc1ccc(Br)cc1. The highest BCUT2D eigenvalue weighted by Gasteiger charge is 2.09. The van der Waals surface area contributed by atoms with Crippen LogP contribution in [0, 0.1) is 11.3 Å². The van der Waals surface area contributed by atoms with Gasteiger partial charge in [0, 0.05) is 27.9 Å². The van der Waals surface area contributed by atoms with Crippen molar-refractivity contribution < 1.29 is 4.79 Å². The molecule has 2 aromatic rings. The fourth-order valence-electron chi connectivity index (χ4n) is 1.80. The van der Waals surface area contributed by atoms with Crippen LogP contribution in [0.5, 0.6) is 0 Å². The van der Waals surface area contributed by atoms with Crippen LogP contribution in [0.3, 0.4) is 0 Å². The first kappa shape index (κ1) is 17.1. The summed E-state index contributed by atoms with van der Waals surface area (Å²) in [6, 6.07) is 16.3. The Kier molecular flexibility index (Phi) is 6.21. The summed E-state index contributed by atoms with van der Waals surface area (Å²) >= 11 is 9.22. The molecule has 0 heterocycles. The van der Waals surface area contributed by atoms with Gasteiger partial charge in [0.05, 0.1) is 0 Å². The molecule has 23 heavy (non-hydrogen) atoms. The van der Waals surface area contributed by atoms with E-state index in [4.69, 9.17) is 16.9 Å². The van der Waals surface area contributed by atoms with Gasteiger partial charge in [0.15, 0.2) is 0 Å². The van der Waals surface area contributed by atoms with E-state index in [1.165, 1.54) is 6.20 Å². The molecule has 0 spiro atoms. The van der Waals surface area contributed by atoms with Gasteiger partial charge in [0.25, 0.3) is 5.91 Å². The molecule has 1 amide bonds. The van der Waals surface area contributed by atoms with Gasteiger partial charge in [-0.3, -0.25) is 4.79 Å². The van der Waals surface area contributed by atoms with Crippen molar-refractivity contribution in [1.29, 1.82) is 5.26 Å². The number of amides is 1. The van der Waals surface area contributed by atoms with E-state index in [1.807, 2.05) is 36.4 Å². The minimum atomic E-state index is -0.464. The quantitative estimate of drug-likeness (QED) is 0.593. The van der Waals surface area contributed by atoms with Crippen LogP contribution in [0.4, 0.5) is 5.69 Å². The van der Waals surface area contributed by atoms with Crippen molar-refractivity contribution in [2.24, 2.45) is 0 Å². The molecule has 0 aliphatic carbocycles. The van der Waals surface area contributed by atoms with Crippen LogP contribution in [-0.2, 0) is 11.3 Å². The Morgan fingerprint density at radius 1 is 1.26 bits per heavy atom. The summed E-state index contributed by atoms with van der Waals surface area (Å²) in [5.41, 5.74) is 1.57. The highest BCUT2D eigenvalue weighted by molar-refractivity contribution is 9.10. The van der Waals surface area contributed by atoms with E-state index in [1.54, 1.807) is 18.2 Å². The van der Waals surface area contributed by atoms with Gasteiger partial charge in [0.2, 0.25) is 0 Å². The molecule has 0 saturated heterocycles. The summed E-state index contributed by atoms with van der Waals surface area (Å²) in [7, 11) is 0. The summed E-state index contributed by atoms with van der Waals surface area (Å²) in [6.07, 6.45) is 1.40. The summed E-state index contributed by atoms with van der Waals surface area (Å²) in [5, 5.41) is 15.4. The van der Waals surface area contributed by atoms with E-state index in [0.29, 0.717) is 17.3 Å². The van der Waals surface area contributed by atoms with Crippen LogP contribution >= 0.6 is 27.5 Å². The summed E-state index contributed by atoms with van der Waals surface area (Å²) in [5.74, 6) is -0.464. The fraction of sp³-hybridized carbons (Fsp3) is 0.0588. The fourth-order valence-corrected chi connectivity index (χ4v) is 2.28. The second-order valence-electron chi connectivity index (χ2n) is 4.64. The summed E-state index contributed by atoms with van der Waals surface area (Å²) < 4.78 is 0.912. The predicted molar refractivity (Wildman–Crippen MR) is 94.8 cm³/mol. The van der Waals surface area contributed by atoms with E-state index in [-0.39, 0.29) is 5.57 Å². The molecule has 0 bridgehead atoms. The lowest BCUT2D eigenvalue weighted by atomic mass is 10.2. The molecule has 0 fully saturated rings. The molecule has 2 aromatic carbocycles. The third-order valence-corrected chi connectivity index (χ3v) is 3.67. The molecule has 0 aliphatic heterocycles. The zero-order chi connectivity index (χ0) is 16.7. The van der Waals surface area contributed by atoms with Crippen LogP contribution in [0.15, 0.2) is 64.8 Å². The van der Waals surface area contributed by atoms with E-state index < -0.39 is 5.91 Å². The average molecular weight is 391 g/mol. The lowest BCUT2D eigenvalue weighted by molar-refractivity contribution is -0.112. The van der Waals surface area contributed by atoms with Crippen molar-refractivity contribution in [1.82, 2.24) is 5.32 Å². The molecular weight excluding hydrogens is 378 g/mol. The number of nitrogens with one attached hydrogen (secondary N) is 2. The van der Waals surface area contributed by atoms with Crippen LogP contribution in [0.2, 0.25) is 5.02 Å². The maximum Gasteiger partial charge on any atom is 0.267 e. The maximum absolute atomic E-state index is 12.1. The molecule has 0 atom stereocenters. The Labute approximate surface area is 147 Å². The zero-order valence-electron chi connectivity index (χ0n) is 12.0. The van der Waals surface area contributed by atoms with E-state index in [9.17, 15) is 4.79 Å². The molecule has 0 radical (unpaired) electrons. The number of rotatable bonds is 5. The Balaban J connectivity index is 1.96. The number of hydrogen-bond acceptors (Lipinski definition) is 3. The van der Waals surface area contributed by atoms with Gasteiger partial charge in [-0.15, -0.1) is 0 Å². The van der Waals surface area contributed by atoms with Crippen LogP contribution in [0.25, 0.3) is 0 Å². The van der Waals surface area contributed by atoms with Crippen LogP contribution in [0.1, 0.15) is 5.56 Å². The van der Waals surface area contributed by atoms with Gasteiger partial charge < -0.3 is 10.6 Å². The minimum absolute atomic E-state index is 0.00468. The van der Waals surface area contributed by atoms with Gasteiger partial charge in [0.1, 0.15) is 11.6 Å². The van der Waals surface area contributed by atoms with Crippen molar-refractivity contribution in [3.05, 3.63) is 75.4 Å². The number of anilines is 1. The summed E-state index contributed by atoms with van der Waals surface area (Å²) in [6.45, 7) is 0.470. The average Bonchev–Trinajstić information content (AvgIpc) is 2.54. The van der Waals surface area contributed by atoms with Crippen LogP contribution < -0.4 is 10.6 Å². The van der Waals surface area contributed by atoms with Crippen molar-refractivity contribution >= 4 is 39.1 Å². The number of benzene rings is 2. The number of carbonyl (C=O) groups is 1. The number of nitriles is 1. The van der Waals surface area contributed by atoms with Crippen molar-refractivity contribution in [3.63, 3.8) is 0 Å². The lowest BCUT2D eigenvalue weighted by Crippen LogP contribution is -2.16. The van der Waals surface area contributed by atoms with Crippen LogP contribution in [-0.4, -0.2) is 5.91 Å². The van der Waals surface area contributed by atoms with Crippen molar-refractivity contribution in [2.75, 3.05) is 5.32 Å². The molecule has 0 unspecified atom stereocenters. The third kappa shape index (κ3) is 5.44. The second kappa shape index (κ2) is 8.37. The number of halogens is 2. The largest absolute Gasteiger partial charge is 0.386 e. The van der Waals surface area contributed by atoms with E-state index in [0.717, 1.165) is 10.0 Å². The van der Waals surface area contributed by atoms with E-state index >= 15 is 0 Å². The molecule has 0 aliphatic rings. The molecule has 2 rings (SSSR count). The van der Waals surface area contributed by atoms with Crippen molar-refractivity contribution in [2.45, 2.75) is 6.54 Å². The lowest BCUT2D eigenvalue weighted by Gasteiger charge is -2.05. The molecule has 0 saturated carbocycles. The Hall–Kier alpha value is -2.29. The Morgan fingerprint density at radius 2 is 2.00 bits per heavy atom. The molecule has 2 N–H and O–H groups in total. The highest BCUT2D eigenvalue weighted by Crippen LogP contribution is 2.15. The second-order valence-corrected chi connectivity index (χ2v) is 5.99. The third-order valence-electron chi connectivity index (χ3n) is 2.91. The normalized spacial score (nSPS) is 10.7. The van der Waals surface area contributed by atoms with Gasteiger partial charge >= 0.3 is 0 Å². The highest BCUT2D eigenvalue weighted by atomic mass is 79.9. The Morgan fingerprint density at radius 3 is 2.65 bits per heavy atom. The summed E-state index contributed by atoms with van der Waals surface area (Å²) in [4.78, 5) is 12.1. The maximum atomic E-state index is 12.1. The zero-order valence-corrected chi connectivity index (χ0v) is 14.4. The number of carbonyl (C=O) groups excluding carboxylic acids is 1. The first-order valence-corrected chi connectivity index (χ1v) is 7.90. The molecule has 4 nitrogen and oxygen atoms in total. The number of nitrogens with zero attached hydrogens (tertiary/aromatic N) is 1. The van der Waals surface area contributed by atoms with Gasteiger partial charge in [-0.25, -0.2) is 0 Å². The smallest absolute Gasteiger partial charge is 0.267 e. The predicted octanol–water partition coefficient (Wildman–Crippen LogP) is 4.24. The monoisotopic (exact) mass is 389 g/mol. The molecule has 0 aromatic heterocycles. The first-order valence-electron chi connectivity index (χ1n) is 6.73. The minimum Gasteiger partial charge on any atom is -0.386 e. The van der Waals surface area contributed by atoms with Gasteiger partial charge in [-0.1, -0.05) is 39.7 Å². The molecule has 116 valence electrons. The molecule has 6 heteroatoms. The first-order chi connectivity index (χ1) is 11.1.